The first-order valence-electron chi connectivity index (χ1n) is 6.97. The van der Waals surface area contributed by atoms with Crippen molar-refractivity contribution in [2.45, 2.75) is 26.5 Å². The van der Waals surface area contributed by atoms with E-state index >= 15 is 0 Å². The van der Waals surface area contributed by atoms with Crippen molar-refractivity contribution in [1.82, 2.24) is 5.06 Å². The Hall–Kier alpha value is -0.570. The van der Waals surface area contributed by atoms with Crippen LogP contribution in [0.15, 0.2) is 0 Å². The molecule has 0 radical (unpaired) electrons. The third-order valence-electron chi connectivity index (χ3n) is 0.917. The van der Waals surface area contributed by atoms with Gasteiger partial charge in [0.1, 0.15) is 0 Å². The van der Waals surface area contributed by atoms with E-state index < -0.39 is 31.4 Å². The molecule has 11 heavy (non-hydrogen) atoms. The van der Waals surface area contributed by atoms with Crippen molar-refractivity contribution in [3.05, 3.63) is 0 Å². The smallest absolute Gasteiger partial charge is 0.245 e. The molecule has 0 spiro atoms. The van der Waals surface area contributed by atoms with Gasteiger partial charge < -0.3 is 0 Å². The van der Waals surface area contributed by atoms with Gasteiger partial charge in [0.15, 0.2) is 0 Å². The van der Waals surface area contributed by atoms with Crippen molar-refractivity contribution < 1.29 is 20.6 Å². The van der Waals surface area contributed by atoms with Crippen molar-refractivity contribution >= 4 is 5.91 Å². The highest BCUT2D eigenvalue weighted by atomic mass is 16.7. The topological polar surface area (TPSA) is 29.5 Å². The maximum atomic E-state index is 11.7. The number of hydrogen-bond donors (Lipinski definition) is 0. The second kappa shape index (κ2) is 5.13. The quantitative estimate of drug-likeness (QED) is 0.593. The van der Waals surface area contributed by atoms with Gasteiger partial charge in [-0.15, -0.1) is 0 Å². The molecule has 0 aromatic carbocycles. The van der Waals surface area contributed by atoms with E-state index in [1.807, 2.05) is 0 Å². The summed E-state index contributed by atoms with van der Waals surface area (Å²) >= 11 is 0. The molecule has 0 bridgehead atoms. The SMILES string of the molecule is [2H]C([2H])([2H])C([2H])(C)C([2H])([2H])C([2H])([2H])C(=O)N(C)OC. The van der Waals surface area contributed by atoms with Gasteiger partial charge >= 0.3 is 0 Å². The van der Waals surface area contributed by atoms with Gasteiger partial charge in [-0.1, -0.05) is 13.8 Å². The van der Waals surface area contributed by atoms with Crippen LogP contribution in [0, 0.1) is 5.89 Å². The number of carbonyl (C=O) groups excluding carboxylic acids is 1. The summed E-state index contributed by atoms with van der Waals surface area (Å²) in [5.41, 5.74) is 0. The van der Waals surface area contributed by atoms with Crippen LogP contribution in [0.5, 0.6) is 0 Å². The summed E-state index contributed by atoms with van der Waals surface area (Å²) < 4.78 is 59.4. The molecule has 0 aliphatic carbocycles. The Balaban J connectivity index is 5.71. The van der Waals surface area contributed by atoms with E-state index in [2.05, 4.69) is 4.84 Å². The summed E-state index contributed by atoms with van der Waals surface area (Å²) in [6, 6.07) is 0. The van der Waals surface area contributed by atoms with Crippen LogP contribution in [0.2, 0.25) is 0 Å². The number of rotatable bonds is 4. The molecule has 0 aliphatic rings. The highest BCUT2D eigenvalue weighted by molar-refractivity contribution is 5.74. The molecule has 0 aromatic rings. The maximum absolute atomic E-state index is 11.7. The molecule has 1 atom stereocenters. The Labute approximate surface area is 79.5 Å². The van der Waals surface area contributed by atoms with Gasteiger partial charge in [0.25, 0.3) is 0 Å². The van der Waals surface area contributed by atoms with E-state index in [4.69, 9.17) is 11.0 Å². The van der Waals surface area contributed by atoms with Crippen LogP contribution in [-0.4, -0.2) is 25.1 Å². The fourth-order valence-corrected chi connectivity index (χ4v) is 0.309. The maximum Gasteiger partial charge on any atom is 0.245 e. The van der Waals surface area contributed by atoms with Gasteiger partial charge in [-0.05, 0) is 12.3 Å². The number of hydroxylamine groups is 2. The summed E-state index contributed by atoms with van der Waals surface area (Å²) in [5, 5.41) is 0.452. The predicted octanol–water partition coefficient (Wildman–Crippen LogP) is 1.44. The average Bonchev–Trinajstić information content (AvgIpc) is 2.24. The van der Waals surface area contributed by atoms with Crippen LogP contribution in [0.3, 0.4) is 0 Å². The first kappa shape index (κ1) is 3.05. The zero-order chi connectivity index (χ0) is 15.9. The monoisotopic (exact) mass is 167 g/mol. The Morgan fingerprint density at radius 1 is 2.00 bits per heavy atom. The Bertz CT molecular complexity index is 351. The lowest BCUT2D eigenvalue weighted by atomic mass is 10.1. The molecule has 0 rings (SSSR count). The van der Waals surface area contributed by atoms with Crippen LogP contribution in [0.1, 0.15) is 37.5 Å². The van der Waals surface area contributed by atoms with E-state index in [0.29, 0.717) is 5.06 Å². The van der Waals surface area contributed by atoms with Crippen LogP contribution in [0.25, 0.3) is 0 Å². The van der Waals surface area contributed by atoms with Crippen LogP contribution in [0.4, 0.5) is 0 Å². The molecule has 1 unspecified atom stereocenters. The number of nitrogens with zero attached hydrogens (tertiary/aromatic N) is 1. The van der Waals surface area contributed by atoms with E-state index in [9.17, 15) is 4.79 Å². The molecule has 0 aliphatic heterocycles. The van der Waals surface area contributed by atoms with Gasteiger partial charge in [-0.3, -0.25) is 9.63 Å². The zero-order valence-corrected chi connectivity index (χ0v) is 6.76. The lowest BCUT2D eigenvalue weighted by Gasteiger charge is -2.13. The Kier molecular flexibility index (Phi) is 1.42. The lowest BCUT2D eigenvalue weighted by Crippen LogP contribution is -2.25. The summed E-state index contributed by atoms with van der Waals surface area (Å²) in [6.45, 7) is -2.37. The molecule has 0 saturated heterocycles. The van der Waals surface area contributed by atoms with Gasteiger partial charge in [0.05, 0.1) is 7.11 Å². The fourth-order valence-electron chi connectivity index (χ4n) is 0.309. The molecular formula is C8H17NO2. The minimum atomic E-state index is -3.25. The van der Waals surface area contributed by atoms with E-state index in [0.717, 1.165) is 21.1 Å². The van der Waals surface area contributed by atoms with Gasteiger partial charge in [0, 0.05) is 24.4 Å². The summed E-state index contributed by atoms with van der Waals surface area (Å²) in [5.74, 6) is -4.21. The zero-order valence-electron chi connectivity index (χ0n) is 14.8. The molecule has 3 heteroatoms. The molecule has 1 amide bonds. The lowest BCUT2D eigenvalue weighted by molar-refractivity contribution is -0.168. The Morgan fingerprint density at radius 3 is 3.09 bits per heavy atom. The van der Waals surface area contributed by atoms with Crippen LogP contribution < -0.4 is 0 Å². The van der Waals surface area contributed by atoms with Crippen molar-refractivity contribution in [3.63, 3.8) is 0 Å². The fraction of sp³-hybridized carbons (Fsp3) is 0.875. The summed E-state index contributed by atoms with van der Waals surface area (Å²) in [7, 11) is 2.14. The number of hydrogen-bond acceptors (Lipinski definition) is 2. The second-order valence-electron chi connectivity index (χ2n) is 1.86. The molecule has 0 fully saturated rings. The second-order valence-corrected chi connectivity index (χ2v) is 1.86. The normalized spacial score (nSPS) is 30.1. The van der Waals surface area contributed by atoms with Crippen molar-refractivity contribution in [3.8, 4) is 0 Å². The third-order valence-corrected chi connectivity index (χ3v) is 0.917. The highest BCUT2D eigenvalue weighted by Gasteiger charge is 2.07. The van der Waals surface area contributed by atoms with E-state index in [1.54, 1.807) is 0 Å². The molecule has 0 N–H and O–H groups in total. The summed E-state index contributed by atoms with van der Waals surface area (Å²) in [4.78, 5) is 16.2. The first-order chi connectivity index (χ1) is 8.14. The molecule has 0 aromatic heterocycles. The van der Waals surface area contributed by atoms with Crippen LogP contribution in [-0.2, 0) is 9.63 Å². The predicted molar refractivity (Wildman–Crippen MR) is 43.9 cm³/mol. The molecule has 66 valence electrons. The van der Waals surface area contributed by atoms with Crippen LogP contribution >= 0.6 is 0 Å². The minimum Gasteiger partial charge on any atom is -0.275 e. The van der Waals surface area contributed by atoms with Crippen molar-refractivity contribution in [2.75, 3.05) is 14.2 Å². The number of carbonyl (C=O) groups is 1. The largest absolute Gasteiger partial charge is 0.275 e. The molecule has 0 saturated carbocycles. The van der Waals surface area contributed by atoms with Gasteiger partial charge in [-0.2, -0.15) is 0 Å². The average molecular weight is 167 g/mol. The minimum absolute atomic E-state index is 0.452. The summed E-state index contributed by atoms with van der Waals surface area (Å²) in [6.07, 6.45) is -6.49. The third kappa shape index (κ3) is 4.79. The molecular weight excluding hydrogens is 142 g/mol. The standard InChI is InChI=1S/C8H17NO2/c1-7(2)5-6-8(10)9(3)11-4/h7H,5-6H2,1-4H3/i1D3,5D2,6D2,7D. The van der Waals surface area contributed by atoms with Gasteiger partial charge in [-0.25, -0.2) is 5.06 Å². The van der Waals surface area contributed by atoms with Gasteiger partial charge in [0.2, 0.25) is 5.91 Å². The molecule has 3 nitrogen and oxygen atoms in total. The molecule has 0 heterocycles. The van der Waals surface area contributed by atoms with Crippen molar-refractivity contribution in [2.24, 2.45) is 5.89 Å². The first-order valence-corrected chi connectivity index (χ1v) is 2.97. The van der Waals surface area contributed by atoms with E-state index in [1.165, 1.54) is 0 Å². The highest BCUT2D eigenvalue weighted by Crippen LogP contribution is 2.04. The van der Waals surface area contributed by atoms with E-state index in [-0.39, 0.29) is 0 Å². The Morgan fingerprint density at radius 2 is 2.64 bits per heavy atom. The van der Waals surface area contributed by atoms with Crippen molar-refractivity contribution in [1.29, 1.82) is 0 Å². The number of amides is 1.